The third-order valence-electron chi connectivity index (χ3n) is 2.86. The summed E-state index contributed by atoms with van der Waals surface area (Å²) in [5.41, 5.74) is 2.61. The van der Waals surface area contributed by atoms with Crippen molar-refractivity contribution in [2.24, 2.45) is 0 Å². The minimum atomic E-state index is -2.16. The third-order valence-corrected chi connectivity index (χ3v) is 2.86. The van der Waals surface area contributed by atoms with Gasteiger partial charge in [0.15, 0.2) is 6.29 Å². The van der Waals surface area contributed by atoms with Crippen molar-refractivity contribution < 1.29 is 9.18 Å². The van der Waals surface area contributed by atoms with Crippen molar-refractivity contribution in [3.8, 4) is 0 Å². The highest BCUT2D eigenvalue weighted by atomic mass is 19.1. The molecule has 1 aromatic carbocycles. The van der Waals surface area contributed by atoms with Gasteiger partial charge in [-0.25, -0.2) is 4.39 Å². The number of alkyl halides is 1. The molecule has 1 aliphatic rings. The molecule has 0 spiro atoms. The average molecular weight is 232 g/mol. The Bertz CT molecular complexity index is 510. The number of fused-ring (bicyclic) bond motifs is 1. The van der Waals surface area contributed by atoms with E-state index in [-0.39, 0.29) is 6.29 Å². The van der Waals surface area contributed by atoms with Gasteiger partial charge in [0.05, 0.1) is 0 Å². The van der Waals surface area contributed by atoms with Crippen molar-refractivity contribution in [2.75, 3.05) is 12.4 Å². The van der Waals surface area contributed by atoms with E-state index in [1.165, 1.54) is 6.20 Å². The summed E-state index contributed by atoms with van der Waals surface area (Å²) in [7, 11) is 1.78. The number of hydrogen-bond acceptors (Lipinski definition) is 3. The predicted molar refractivity (Wildman–Crippen MR) is 67.1 cm³/mol. The lowest BCUT2D eigenvalue weighted by molar-refractivity contribution is -0.119. The molecule has 3 nitrogen and oxygen atoms in total. The van der Waals surface area contributed by atoms with E-state index in [2.05, 4.69) is 17.2 Å². The summed E-state index contributed by atoms with van der Waals surface area (Å²) in [6.07, 6.45) is 5.07. The highest BCUT2D eigenvalue weighted by Crippen LogP contribution is 2.34. The molecule has 0 saturated heterocycles. The fraction of sp³-hybridized carbons (Fsp3) is 0.154. The number of benzene rings is 1. The van der Waals surface area contributed by atoms with Gasteiger partial charge >= 0.3 is 0 Å². The Kier molecular flexibility index (Phi) is 2.71. The summed E-state index contributed by atoms with van der Waals surface area (Å²) < 4.78 is 14.3. The number of anilines is 1. The summed E-state index contributed by atoms with van der Waals surface area (Å²) in [4.78, 5) is 10.9. The van der Waals surface area contributed by atoms with E-state index in [1.54, 1.807) is 31.3 Å². The standard InChI is InChI=1S/C13H13FN2O/c1-3-9-10-6-7-16-13(14,8-17)11(10)4-5-12(9)15-2/h3-8,15-16H,1H2,2H3. The van der Waals surface area contributed by atoms with Crippen molar-refractivity contribution in [3.05, 3.63) is 41.6 Å². The van der Waals surface area contributed by atoms with Crippen LogP contribution in [0.5, 0.6) is 0 Å². The lowest BCUT2D eigenvalue weighted by Gasteiger charge is -2.27. The molecule has 1 atom stereocenters. The van der Waals surface area contributed by atoms with Crippen molar-refractivity contribution in [3.63, 3.8) is 0 Å². The molecule has 4 heteroatoms. The first kappa shape index (κ1) is 11.4. The van der Waals surface area contributed by atoms with Crippen LogP contribution < -0.4 is 10.6 Å². The summed E-state index contributed by atoms with van der Waals surface area (Å²) in [5, 5.41) is 5.43. The molecule has 1 aliphatic heterocycles. The zero-order chi connectivity index (χ0) is 12.5. The molecular formula is C13H13FN2O. The van der Waals surface area contributed by atoms with Crippen molar-refractivity contribution in [1.29, 1.82) is 0 Å². The molecule has 88 valence electrons. The van der Waals surface area contributed by atoms with Crippen molar-refractivity contribution in [1.82, 2.24) is 5.32 Å². The van der Waals surface area contributed by atoms with Crippen LogP contribution in [-0.2, 0) is 10.6 Å². The smallest absolute Gasteiger partial charge is 0.262 e. The Hall–Kier alpha value is -2.10. The van der Waals surface area contributed by atoms with Crippen LogP contribution in [0.1, 0.15) is 16.7 Å². The molecule has 2 rings (SSSR count). The molecule has 1 aromatic rings. The number of carbonyl (C=O) groups excluding carboxylic acids is 1. The van der Waals surface area contributed by atoms with Gasteiger partial charge in [-0.2, -0.15) is 0 Å². The summed E-state index contributed by atoms with van der Waals surface area (Å²) in [5.74, 6) is -2.16. The number of rotatable bonds is 3. The Morgan fingerprint density at radius 1 is 1.53 bits per heavy atom. The minimum absolute atomic E-state index is 0.265. The average Bonchev–Trinajstić information content (AvgIpc) is 2.37. The van der Waals surface area contributed by atoms with E-state index < -0.39 is 5.79 Å². The summed E-state index contributed by atoms with van der Waals surface area (Å²) >= 11 is 0. The second-order valence-corrected chi connectivity index (χ2v) is 3.75. The number of nitrogens with one attached hydrogen (secondary N) is 2. The molecule has 0 saturated carbocycles. The summed E-state index contributed by atoms with van der Waals surface area (Å²) in [6, 6.07) is 3.33. The zero-order valence-electron chi connectivity index (χ0n) is 9.46. The van der Waals surface area contributed by atoms with Crippen molar-refractivity contribution >= 4 is 24.1 Å². The van der Waals surface area contributed by atoms with Crippen LogP contribution in [0.2, 0.25) is 0 Å². The molecule has 1 heterocycles. The van der Waals surface area contributed by atoms with Crippen LogP contribution in [0, 0.1) is 0 Å². The Balaban J connectivity index is 2.72. The highest BCUT2D eigenvalue weighted by Gasteiger charge is 2.35. The van der Waals surface area contributed by atoms with Gasteiger partial charge in [-0.05, 0) is 17.7 Å². The lowest BCUT2D eigenvalue weighted by Crippen LogP contribution is -2.38. The normalized spacial score (nSPS) is 21.3. The molecule has 0 radical (unpaired) electrons. The molecule has 0 aromatic heterocycles. The van der Waals surface area contributed by atoms with E-state index in [0.717, 1.165) is 11.3 Å². The van der Waals surface area contributed by atoms with Crippen molar-refractivity contribution in [2.45, 2.75) is 5.79 Å². The monoisotopic (exact) mass is 232 g/mol. The van der Waals surface area contributed by atoms with Gasteiger partial charge in [0.25, 0.3) is 5.79 Å². The number of aldehydes is 1. The van der Waals surface area contributed by atoms with Gasteiger partial charge in [0.1, 0.15) is 0 Å². The lowest BCUT2D eigenvalue weighted by atomic mass is 9.91. The number of carbonyl (C=O) groups is 1. The summed E-state index contributed by atoms with van der Waals surface area (Å²) in [6.45, 7) is 3.72. The van der Waals surface area contributed by atoms with E-state index in [4.69, 9.17) is 0 Å². The van der Waals surface area contributed by atoms with Gasteiger partial charge < -0.3 is 10.6 Å². The first-order valence-corrected chi connectivity index (χ1v) is 5.23. The fourth-order valence-electron chi connectivity index (χ4n) is 1.99. The van der Waals surface area contributed by atoms with E-state index in [1.807, 2.05) is 0 Å². The van der Waals surface area contributed by atoms with Gasteiger partial charge in [-0.15, -0.1) is 0 Å². The van der Waals surface area contributed by atoms with Crippen LogP contribution in [0.4, 0.5) is 10.1 Å². The first-order valence-electron chi connectivity index (χ1n) is 5.23. The molecular weight excluding hydrogens is 219 g/mol. The Morgan fingerprint density at radius 3 is 2.88 bits per heavy atom. The maximum Gasteiger partial charge on any atom is 0.262 e. The Morgan fingerprint density at radius 2 is 2.29 bits per heavy atom. The molecule has 2 N–H and O–H groups in total. The third kappa shape index (κ3) is 1.62. The van der Waals surface area contributed by atoms with Gasteiger partial charge in [0, 0.05) is 30.1 Å². The first-order chi connectivity index (χ1) is 8.16. The molecule has 0 amide bonds. The minimum Gasteiger partial charge on any atom is -0.388 e. The second-order valence-electron chi connectivity index (χ2n) is 3.75. The second kappa shape index (κ2) is 4.05. The van der Waals surface area contributed by atoms with Gasteiger partial charge in [-0.3, -0.25) is 4.79 Å². The van der Waals surface area contributed by atoms with Gasteiger partial charge in [-0.1, -0.05) is 18.7 Å². The number of hydrogen-bond donors (Lipinski definition) is 2. The Labute approximate surface area is 99.0 Å². The molecule has 0 fully saturated rings. The molecule has 17 heavy (non-hydrogen) atoms. The van der Waals surface area contributed by atoms with Crippen LogP contribution in [0.25, 0.3) is 12.2 Å². The maximum atomic E-state index is 14.3. The quantitative estimate of drug-likeness (QED) is 0.620. The number of halogens is 1. The predicted octanol–water partition coefficient (Wildman–Crippen LogP) is 2.27. The van der Waals surface area contributed by atoms with E-state index in [0.29, 0.717) is 11.1 Å². The molecule has 0 bridgehead atoms. The topological polar surface area (TPSA) is 41.1 Å². The van der Waals surface area contributed by atoms with Crippen LogP contribution in [-0.4, -0.2) is 13.3 Å². The van der Waals surface area contributed by atoms with Crippen LogP contribution in [0.3, 0.4) is 0 Å². The molecule has 1 unspecified atom stereocenters. The SMILES string of the molecule is C=Cc1c(NC)ccc2c1C=CNC2(F)C=O. The zero-order valence-corrected chi connectivity index (χ0v) is 9.46. The van der Waals surface area contributed by atoms with E-state index in [9.17, 15) is 9.18 Å². The fourth-order valence-corrected chi connectivity index (χ4v) is 1.99. The van der Waals surface area contributed by atoms with Gasteiger partial charge in [0.2, 0.25) is 0 Å². The highest BCUT2D eigenvalue weighted by molar-refractivity contribution is 5.82. The van der Waals surface area contributed by atoms with E-state index >= 15 is 0 Å². The largest absolute Gasteiger partial charge is 0.388 e. The maximum absolute atomic E-state index is 14.3. The van der Waals surface area contributed by atoms with Crippen LogP contribution in [0.15, 0.2) is 24.9 Å². The van der Waals surface area contributed by atoms with Crippen LogP contribution >= 0.6 is 0 Å². The molecule has 0 aliphatic carbocycles.